The van der Waals surface area contributed by atoms with Crippen LogP contribution in [0.3, 0.4) is 0 Å². The van der Waals surface area contributed by atoms with Crippen LogP contribution in [0.1, 0.15) is 32.3 Å². The van der Waals surface area contributed by atoms with E-state index < -0.39 is 12.8 Å². The van der Waals surface area contributed by atoms with E-state index in [0.717, 1.165) is 24.6 Å². The zero-order chi connectivity index (χ0) is 19.0. The molecular formula is C17H25F3N4OS. The Morgan fingerprint density at radius 1 is 1.38 bits per heavy atom. The van der Waals surface area contributed by atoms with E-state index in [1.165, 1.54) is 30.9 Å². The lowest BCUT2D eigenvalue weighted by molar-refractivity contribution is -0.154. The number of halogens is 3. The SMILES string of the molecule is CCNC(=NCc1ccc(OCC(F)(F)F)nc1)NCC1(C)CCCS1. The summed E-state index contributed by atoms with van der Waals surface area (Å²) in [6.07, 6.45) is -0.462. The van der Waals surface area contributed by atoms with Crippen LogP contribution in [0.25, 0.3) is 0 Å². The van der Waals surface area contributed by atoms with Crippen LogP contribution in [0.5, 0.6) is 5.88 Å². The highest BCUT2D eigenvalue weighted by Gasteiger charge is 2.29. The van der Waals surface area contributed by atoms with Gasteiger partial charge in [-0.3, -0.25) is 0 Å². The molecule has 5 nitrogen and oxygen atoms in total. The van der Waals surface area contributed by atoms with Gasteiger partial charge in [0, 0.05) is 30.1 Å². The first-order chi connectivity index (χ1) is 12.3. The van der Waals surface area contributed by atoms with E-state index in [-0.39, 0.29) is 10.6 Å². The van der Waals surface area contributed by atoms with Gasteiger partial charge in [0.15, 0.2) is 12.6 Å². The molecule has 1 aromatic heterocycles. The Morgan fingerprint density at radius 3 is 2.77 bits per heavy atom. The molecule has 0 aromatic carbocycles. The normalized spacial score (nSPS) is 20.9. The zero-order valence-electron chi connectivity index (χ0n) is 15.0. The second-order valence-electron chi connectivity index (χ2n) is 6.36. The fourth-order valence-electron chi connectivity index (χ4n) is 2.50. The van der Waals surface area contributed by atoms with Crippen molar-refractivity contribution in [3.8, 4) is 5.88 Å². The molecule has 1 aromatic rings. The number of hydrogen-bond donors (Lipinski definition) is 2. The predicted octanol–water partition coefficient (Wildman–Crippen LogP) is 3.36. The number of thioether (sulfide) groups is 1. The largest absolute Gasteiger partial charge is 0.468 e. The number of pyridine rings is 1. The highest BCUT2D eigenvalue weighted by Crippen LogP contribution is 2.36. The minimum absolute atomic E-state index is 0.0498. The first kappa shape index (κ1) is 20.7. The second-order valence-corrected chi connectivity index (χ2v) is 8.04. The Kier molecular flexibility index (Phi) is 7.43. The Balaban J connectivity index is 1.87. The maximum atomic E-state index is 12.1. The van der Waals surface area contributed by atoms with Crippen molar-refractivity contribution in [2.24, 2.45) is 4.99 Å². The van der Waals surface area contributed by atoms with E-state index in [1.54, 1.807) is 6.07 Å². The van der Waals surface area contributed by atoms with Crippen LogP contribution < -0.4 is 15.4 Å². The summed E-state index contributed by atoms with van der Waals surface area (Å²) in [5, 5.41) is 6.57. The molecular weight excluding hydrogens is 365 g/mol. The Morgan fingerprint density at radius 2 is 2.19 bits per heavy atom. The molecule has 0 spiro atoms. The monoisotopic (exact) mass is 390 g/mol. The lowest BCUT2D eigenvalue weighted by Crippen LogP contribution is -2.43. The van der Waals surface area contributed by atoms with Crippen LogP contribution in [0.4, 0.5) is 13.2 Å². The van der Waals surface area contributed by atoms with Gasteiger partial charge in [-0.1, -0.05) is 6.07 Å². The Bertz CT molecular complexity index is 587. The lowest BCUT2D eigenvalue weighted by atomic mass is 10.1. The van der Waals surface area contributed by atoms with E-state index in [0.29, 0.717) is 6.54 Å². The van der Waals surface area contributed by atoms with Crippen molar-refractivity contribution in [2.45, 2.75) is 44.2 Å². The van der Waals surface area contributed by atoms with E-state index >= 15 is 0 Å². The van der Waals surface area contributed by atoms with Gasteiger partial charge in [0.25, 0.3) is 0 Å². The van der Waals surface area contributed by atoms with Gasteiger partial charge in [0.05, 0.1) is 6.54 Å². The molecule has 0 saturated carbocycles. The molecule has 1 saturated heterocycles. The standard InChI is InChI=1S/C17H25F3N4OS/c1-3-21-15(24-11-16(2)7-4-8-26-16)23-10-13-5-6-14(22-9-13)25-12-17(18,19)20/h5-6,9H,3-4,7-8,10-12H2,1-2H3,(H2,21,23,24). The molecule has 0 bridgehead atoms. The minimum Gasteiger partial charge on any atom is -0.468 e. The third-order valence-corrected chi connectivity index (χ3v) is 5.41. The van der Waals surface area contributed by atoms with Crippen molar-refractivity contribution in [3.05, 3.63) is 23.9 Å². The van der Waals surface area contributed by atoms with Gasteiger partial charge in [-0.15, -0.1) is 0 Å². The number of nitrogens with zero attached hydrogens (tertiary/aromatic N) is 2. The quantitative estimate of drug-likeness (QED) is 0.552. The van der Waals surface area contributed by atoms with E-state index in [1.807, 2.05) is 18.7 Å². The first-order valence-corrected chi connectivity index (χ1v) is 9.59. The topological polar surface area (TPSA) is 58.5 Å². The molecule has 2 N–H and O–H groups in total. The number of guanidine groups is 1. The van der Waals surface area contributed by atoms with Gasteiger partial charge in [-0.25, -0.2) is 9.98 Å². The molecule has 1 unspecified atom stereocenters. The molecule has 26 heavy (non-hydrogen) atoms. The molecule has 9 heteroatoms. The average Bonchev–Trinajstić information content (AvgIpc) is 3.03. The van der Waals surface area contributed by atoms with Crippen LogP contribution in [0, 0.1) is 0 Å². The molecule has 2 rings (SSSR count). The van der Waals surface area contributed by atoms with Gasteiger partial charge in [0.2, 0.25) is 5.88 Å². The Hall–Kier alpha value is -1.64. The number of nitrogens with one attached hydrogen (secondary N) is 2. The molecule has 1 aliphatic heterocycles. The van der Waals surface area contributed by atoms with Gasteiger partial charge in [-0.2, -0.15) is 24.9 Å². The summed E-state index contributed by atoms with van der Waals surface area (Å²) in [5.74, 6) is 1.87. The lowest BCUT2D eigenvalue weighted by Gasteiger charge is -2.24. The predicted molar refractivity (Wildman–Crippen MR) is 98.7 cm³/mol. The number of aromatic nitrogens is 1. The summed E-state index contributed by atoms with van der Waals surface area (Å²) >= 11 is 1.98. The molecule has 0 radical (unpaired) electrons. The average molecular weight is 390 g/mol. The van der Waals surface area contributed by atoms with Crippen LogP contribution >= 0.6 is 11.8 Å². The number of hydrogen-bond acceptors (Lipinski definition) is 4. The van der Waals surface area contributed by atoms with Gasteiger partial charge in [0.1, 0.15) is 0 Å². The summed E-state index contributed by atoms with van der Waals surface area (Å²) in [6.45, 7) is 4.88. The van der Waals surface area contributed by atoms with Crippen LogP contribution in [0.2, 0.25) is 0 Å². The number of alkyl halides is 3. The first-order valence-electron chi connectivity index (χ1n) is 8.60. The maximum Gasteiger partial charge on any atom is 0.422 e. The van der Waals surface area contributed by atoms with E-state index in [2.05, 4.69) is 32.3 Å². The summed E-state index contributed by atoms with van der Waals surface area (Å²) in [5.41, 5.74) is 0.794. The van der Waals surface area contributed by atoms with Crippen LogP contribution in [-0.4, -0.2) is 47.3 Å². The molecule has 146 valence electrons. The summed E-state index contributed by atoms with van der Waals surface area (Å²) < 4.78 is 41.2. The van der Waals surface area contributed by atoms with Crippen molar-refractivity contribution < 1.29 is 17.9 Å². The maximum absolute atomic E-state index is 12.1. The van der Waals surface area contributed by atoms with Crippen molar-refractivity contribution in [2.75, 3.05) is 25.4 Å². The molecule has 2 heterocycles. The minimum atomic E-state index is -4.37. The summed E-state index contributed by atoms with van der Waals surface area (Å²) in [6, 6.07) is 3.09. The fourth-order valence-corrected chi connectivity index (χ4v) is 3.75. The molecule has 0 amide bonds. The summed E-state index contributed by atoms with van der Waals surface area (Å²) in [7, 11) is 0. The Labute approximate surface area is 156 Å². The third kappa shape index (κ3) is 7.31. The molecule has 1 fully saturated rings. The second kappa shape index (κ2) is 9.34. The third-order valence-electron chi connectivity index (χ3n) is 3.88. The highest BCUT2D eigenvalue weighted by molar-refractivity contribution is 8.00. The number of aliphatic imine (C=N–C) groups is 1. The molecule has 1 atom stereocenters. The van der Waals surface area contributed by atoms with Gasteiger partial charge in [-0.05, 0) is 38.0 Å². The van der Waals surface area contributed by atoms with E-state index in [4.69, 9.17) is 0 Å². The highest BCUT2D eigenvalue weighted by atomic mass is 32.2. The van der Waals surface area contributed by atoms with Crippen molar-refractivity contribution in [3.63, 3.8) is 0 Å². The zero-order valence-corrected chi connectivity index (χ0v) is 15.8. The van der Waals surface area contributed by atoms with Crippen molar-refractivity contribution in [1.29, 1.82) is 0 Å². The fraction of sp³-hybridized carbons (Fsp3) is 0.647. The number of ether oxygens (including phenoxy) is 1. The molecule has 0 aliphatic carbocycles. The van der Waals surface area contributed by atoms with Crippen molar-refractivity contribution in [1.82, 2.24) is 15.6 Å². The van der Waals surface area contributed by atoms with Crippen molar-refractivity contribution >= 4 is 17.7 Å². The van der Waals surface area contributed by atoms with Gasteiger partial charge < -0.3 is 15.4 Å². The van der Waals surface area contributed by atoms with Crippen LogP contribution in [-0.2, 0) is 6.54 Å². The van der Waals surface area contributed by atoms with Crippen LogP contribution in [0.15, 0.2) is 23.3 Å². The molecule has 1 aliphatic rings. The summed E-state index contributed by atoms with van der Waals surface area (Å²) in [4.78, 5) is 8.41. The smallest absolute Gasteiger partial charge is 0.422 e. The van der Waals surface area contributed by atoms with E-state index in [9.17, 15) is 13.2 Å². The van der Waals surface area contributed by atoms with Gasteiger partial charge >= 0.3 is 6.18 Å². The number of rotatable bonds is 7.